The third-order valence-electron chi connectivity index (χ3n) is 6.67. The number of nitrogens with one attached hydrogen (secondary N) is 2. The predicted molar refractivity (Wildman–Crippen MR) is 92.7 cm³/mol. The van der Waals surface area contributed by atoms with Crippen molar-refractivity contribution in [2.24, 2.45) is 5.92 Å². The molecule has 4 fully saturated rings. The average Bonchev–Trinajstić information content (AvgIpc) is 3.02. The fourth-order valence-electron chi connectivity index (χ4n) is 5.20. The summed E-state index contributed by atoms with van der Waals surface area (Å²) in [5, 5.41) is 7.59. The number of likely N-dealkylation sites (N-methyl/N-ethyl adjacent to an activating group) is 1. The zero-order valence-electron chi connectivity index (χ0n) is 14.8. The van der Waals surface area contributed by atoms with Gasteiger partial charge in [-0.3, -0.25) is 4.90 Å². The van der Waals surface area contributed by atoms with Crippen molar-refractivity contribution >= 4 is 0 Å². The smallest absolute Gasteiger partial charge is 0.0753 e. The molecule has 0 spiro atoms. The van der Waals surface area contributed by atoms with E-state index < -0.39 is 0 Å². The first-order chi connectivity index (χ1) is 11.2. The summed E-state index contributed by atoms with van der Waals surface area (Å²) in [4.78, 5) is 5.14. The molecular weight excluding hydrogens is 288 g/mol. The quantitative estimate of drug-likeness (QED) is 0.792. The lowest BCUT2D eigenvalue weighted by molar-refractivity contribution is -0.0634. The van der Waals surface area contributed by atoms with Gasteiger partial charge in [0.1, 0.15) is 0 Å². The number of morpholine rings is 1. The molecule has 0 radical (unpaired) electrons. The van der Waals surface area contributed by atoms with E-state index >= 15 is 0 Å². The van der Waals surface area contributed by atoms with E-state index in [4.69, 9.17) is 4.74 Å². The number of piperidine rings is 2. The largest absolute Gasteiger partial charge is 0.375 e. The van der Waals surface area contributed by atoms with Gasteiger partial charge in [-0.15, -0.1) is 0 Å². The highest BCUT2D eigenvalue weighted by Crippen LogP contribution is 2.27. The van der Waals surface area contributed by atoms with E-state index in [1.807, 2.05) is 0 Å². The minimum Gasteiger partial charge on any atom is -0.375 e. The monoisotopic (exact) mass is 322 g/mol. The standard InChI is InChI=1S/C18H34N4O/c1-13(22-8-4-14-3-6-19-16(14)11-22)9-15-12-23-18-5-7-21(2)10-17(18)20-15/h13-20H,3-12H2,1-2H3. The van der Waals surface area contributed by atoms with Gasteiger partial charge in [-0.1, -0.05) is 0 Å². The molecule has 0 aliphatic carbocycles. The summed E-state index contributed by atoms with van der Waals surface area (Å²) in [6.45, 7) is 9.37. The molecule has 23 heavy (non-hydrogen) atoms. The van der Waals surface area contributed by atoms with Crippen LogP contribution in [0.5, 0.6) is 0 Å². The van der Waals surface area contributed by atoms with Gasteiger partial charge in [-0.05, 0) is 58.7 Å². The van der Waals surface area contributed by atoms with Crippen molar-refractivity contribution in [3.63, 3.8) is 0 Å². The summed E-state index contributed by atoms with van der Waals surface area (Å²) in [5.74, 6) is 0.938. The Balaban J connectivity index is 1.28. The first-order valence-corrected chi connectivity index (χ1v) is 9.72. The van der Waals surface area contributed by atoms with E-state index in [2.05, 4.69) is 34.4 Å². The van der Waals surface area contributed by atoms with E-state index in [-0.39, 0.29) is 0 Å². The van der Waals surface area contributed by atoms with Crippen LogP contribution in [0.15, 0.2) is 0 Å². The Bertz CT molecular complexity index is 406. The van der Waals surface area contributed by atoms with Gasteiger partial charge in [0.2, 0.25) is 0 Å². The maximum absolute atomic E-state index is 6.18. The first-order valence-electron chi connectivity index (χ1n) is 9.72. The molecule has 4 rings (SSSR count). The first kappa shape index (κ1) is 16.3. The topological polar surface area (TPSA) is 39.8 Å². The highest BCUT2D eigenvalue weighted by Gasteiger charge is 2.37. The molecule has 2 N–H and O–H groups in total. The summed E-state index contributed by atoms with van der Waals surface area (Å²) in [5.41, 5.74) is 0. The number of hydrogen-bond donors (Lipinski definition) is 2. The van der Waals surface area contributed by atoms with E-state index in [0.717, 1.165) is 25.1 Å². The van der Waals surface area contributed by atoms with Crippen LogP contribution in [0.25, 0.3) is 0 Å². The van der Waals surface area contributed by atoms with Crippen LogP contribution >= 0.6 is 0 Å². The third kappa shape index (κ3) is 3.59. The highest BCUT2D eigenvalue weighted by molar-refractivity contribution is 4.95. The van der Waals surface area contributed by atoms with Crippen LogP contribution < -0.4 is 10.6 Å². The lowest BCUT2D eigenvalue weighted by Gasteiger charge is -2.45. The molecule has 0 aromatic rings. The maximum Gasteiger partial charge on any atom is 0.0753 e. The molecule has 4 aliphatic heterocycles. The van der Waals surface area contributed by atoms with E-state index in [1.165, 1.54) is 51.9 Å². The van der Waals surface area contributed by atoms with E-state index in [1.54, 1.807) is 0 Å². The van der Waals surface area contributed by atoms with Gasteiger partial charge in [0.05, 0.1) is 12.7 Å². The molecule has 6 unspecified atom stereocenters. The number of ether oxygens (including phenoxy) is 1. The highest BCUT2D eigenvalue weighted by atomic mass is 16.5. The fourth-order valence-corrected chi connectivity index (χ4v) is 5.20. The van der Waals surface area contributed by atoms with Crippen LogP contribution in [-0.2, 0) is 4.74 Å². The van der Waals surface area contributed by atoms with Crippen molar-refractivity contribution in [1.29, 1.82) is 0 Å². The number of hydrogen-bond acceptors (Lipinski definition) is 5. The van der Waals surface area contributed by atoms with Crippen molar-refractivity contribution in [1.82, 2.24) is 20.4 Å². The lowest BCUT2D eigenvalue weighted by Crippen LogP contribution is -2.62. The maximum atomic E-state index is 6.18. The molecule has 0 aromatic carbocycles. The number of nitrogens with zero attached hydrogens (tertiary/aromatic N) is 2. The Labute approximate surface area is 141 Å². The zero-order chi connectivity index (χ0) is 15.8. The summed E-state index contributed by atoms with van der Waals surface area (Å²) in [7, 11) is 2.23. The van der Waals surface area contributed by atoms with Gasteiger partial charge in [0.25, 0.3) is 0 Å². The van der Waals surface area contributed by atoms with Gasteiger partial charge in [0.15, 0.2) is 0 Å². The van der Waals surface area contributed by atoms with Gasteiger partial charge >= 0.3 is 0 Å². The van der Waals surface area contributed by atoms with E-state index in [9.17, 15) is 0 Å². The van der Waals surface area contributed by atoms with Crippen LogP contribution in [0.1, 0.15) is 32.6 Å². The molecule has 132 valence electrons. The van der Waals surface area contributed by atoms with E-state index in [0.29, 0.717) is 24.2 Å². The minimum atomic E-state index is 0.441. The molecule has 4 saturated heterocycles. The number of likely N-dealkylation sites (tertiary alicyclic amines) is 2. The predicted octanol–water partition coefficient (Wildman–Crippen LogP) is 0.510. The molecule has 4 heterocycles. The summed E-state index contributed by atoms with van der Waals surface area (Å²) < 4.78 is 6.18. The fraction of sp³-hybridized carbons (Fsp3) is 1.00. The Morgan fingerprint density at radius 3 is 2.96 bits per heavy atom. The van der Waals surface area contributed by atoms with Crippen molar-refractivity contribution < 1.29 is 4.74 Å². The van der Waals surface area contributed by atoms with Crippen LogP contribution in [-0.4, -0.2) is 86.4 Å². The molecule has 4 aliphatic rings. The SMILES string of the molecule is CC(CC1COC2CCN(C)CC2N1)N1CCC2CCNC2C1. The molecule has 5 nitrogen and oxygen atoms in total. The Hall–Kier alpha value is -0.200. The van der Waals surface area contributed by atoms with Gasteiger partial charge in [-0.2, -0.15) is 0 Å². The number of fused-ring (bicyclic) bond motifs is 2. The van der Waals surface area contributed by atoms with Crippen molar-refractivity contribution in [2.75, 3.05) is 46.4 Å². The second-order valence-corrected chi connectivity index (χ2v) is 8.37. The van der Waals surface area contributed by atoms with Crippen molar-refractivity contribution in [3.05, 3.63) is 0 Å². The summed E-state index contributed by atoms with van der Waals surface area (Å²) >= 11 is 0. The van der Waals surface area contributed by atoms with Crippen molar-refractivity contribution in [3.8, 4) is 0 Å². The van der Waals surface area contributed by atoms with Gasteiger partial charge < -0.3 is 20.3 Å². The molecule has 0 amide bonds. The van der Waals surface area contributed by atoms with Crippen LogP contribution in [0.4, 0.5) is 0 Å². The molecule has 0 saturated carbocycles. The molecule has 5 heteroatoms. The Morgan fingerprint density at radius 1 is 1.13 bits per heavy atom. The van der Waals surface area contributed by atoms with Gasteiger partial charge in [0, 0.05) is 43.8 Å². The van der Waals surface area contributed by atoms with Crippen LogP contribution in [0.3, 0.4) is 0 Å². The zero-order valence-corrected chi connectivity index (χ0v) is 14.8. The molecule has 0 bridgehead atoms. The second kappa shape index (κ2) is 6.96. The molecule has 0 aromatic heterocycles. The van der Waals surface area contributed by atoms with Crippen molar-refractivity contribution in [2.45, 2.75) is 62.9 Å². The van der Waals surface area contributed by atoms with Crippen LogP contribution in [0.2, 0.25) is 0 Å². The lowest BCUT2D eigenvalue weighted by atomic mass is 9.90. The normalized spacial score (nSPS) is 43.8. The number of rotatable bonds is 3. The Morgan fingerprint density at radius 2 is 2.04 bits per heavy atom. The third-order valence-corrected chi connectivity index (χ3v) is 6.67. The minimum absolute atomic E-state index is 0.441. The Kier molecular flexibility index (Phi) is 4.93. The second-order valence-electron chi connectivity index (χ2n) is 8.37. The molecular formula is C18H34N4O. The molecule has 6 atom stereocenters. The van der Waals surface area contributed by atoms with Gasteiger partial charge in [-0.25, -0.2) is 0 Å². The summed E-state index contributed by atoms with van der Waals surface area (Å²) in [6.07, 6.45) is 5.60. The summed E-state index contributed by atoms with van der Waals surface area (Å²) in [6, 6.07) is 2.45. The van der Waals surface area contributed by atoms with Crippen LogP contribution in [0, 0.1) is 5.92 Å². The average molecular weight is 322 g/mol.